The highest BCUT2D eigenvalue weighted by molar-refractivity contribution is 5.67. The Balaban J connectivity index is 1.90. The van der Waals surface area contributed by atoms with Crippen molar-refractivity contribution < 1.29 is 41.3 Å². The monoisotopic (exact) mass is 455 g/mol. The van der Waals surface area contributed by atoms with Gasteiger partial charge in [-0.05, 0) is 48.4 Å². The van der Waals surface area contributed by atoms with E-state index in [9.17, 15) is 26.7 Å². The topological polar surface area (TPSA) is 60.7 Å². The smallest absolute Gasteiger partial charge is 0.418 e. The van der Waals surface area contributed by atoms with Crippen molar-refractivity contribution >= 4 is 5.97 Å². The molecule has 170 valence electrons. The maximum atomic E-state index is 14.4. The van der Waals surface area contributed by atoms with Gasteiger partial charge in [0.15, 0.2) is 11.6 Å². The standard InChI is InChI=1S/C22H18F5NO4/c1-31-15-6-4-14(5-7-15)28-11-10-16(22(25,26)27)17(28)12-32-18-8-2-13(3-9-19(29)30)20(23)21(18)24/h2,4-8,10-11H,3,9,12H2,1H3,(H,29,30). The van der Waals surface area contributed by atoms with Gasteiger partial charge >= 0.3 is 12.1 Å². The first-order chi connectivity index (χ1) is 15.1. The van der Waals surface area contributed by atoms with Gasteiger partial charge in [0.1, 0.15) is 12.4 Å². The number of hydrogen-bond donors (Lipinski definition) is 1. The molecule has 0 fully saturated rings. The Morgan fingerprint density at radius 2 is 1.72 bits per heavy atom. The first-order valence-electron chi connectivity index (χ1n) is 9.35. The van der Waals surface area contributed by atoms with E-state index in [4.69, 9.17) is 14.6 Å². The van der Waals surface area contributed by atoms with E-state index < -0.39 is 48.1 Å². The molecule has 0 aliphatic rings. The number of hydrogen-bond acceptors (Lipinski definition) is 3. The van der Waals surface area contributed by atoms with Gasteiger partial charge in [0.05, 0.1) is 18.4 Å². The summed E-state index contributed by atoms with van der Waals surface area (Å²) in [4.78, 5) is 10.6. The number of aromatic nitrogens is 1. The average molecular weight is 455 g/mol. The summed E-state index contributed by atoms with van der Waals surface area (Å²) in [6.45, 7) is -0.696. The molecule has 0 aliphatic heterocycles. The molecule has 0 amide bonds. The zero-order valence-corrected chi connectivity index (χ0v) is 16.7. The summed E-state index contributed by atoms with van der Waals surface area (Å²) in [5.74, 6) is -3.95. The van der Waals surface area contributed by atoms with Crippen LogP contribution in [0, 0.1) is 11.6 Å². The molecule has 0 unspecified atom stereocenters. The minimum atomic E-state index is -4.69. The Kier molecular flexibility index (Phi) is 6.71. The number of carboxylic acid groups (broad SMARTS) is 1. The van der Waals surface area contributed by atoms with Gasteiger partial charge in [-0.1, -0.05) is 6.07 Å². The Hall–Kier alpha value is -3.56. The fourth-order valence-corrected chi connectivity index (χ4v) is 3.12. The summed E-state index contributed by atoms with van der Waals surface area (Å²) >= 11 is 0. The van der Waals surface area contributed by atoms with Crippen molar-refractivity contribution in [2.75, 3.05) is 7.11 Å². The molecular weight excluding hydrogens is 437 g/mol. The summed E-state index contributed by atoms with van der Waals surface area (Å²) in [7, 11) is 1.45. The van der Waals surface area contributed by atoms with Crippen LogP contribution >= 0.6 is 0 Å². The van der Waals surface area contributed by atoms with Crippen LogP contribution in [0.5, 0.6) is 11.5 Å². The molecule has 5 nitrogen and oxygen atoms in total. The number of methoxy groups -OCH3 is 1. The molecule has 1 heterocycles. The fourth-order valence-electron chi connectivity index (χ4n) is 3.12. The number of halogens is 5. The van der Waals surface area contributed by atoms with Crippen molar-refractivity contribution in [3.8, 4) is 17.2 Å². The second-order valence-corrected chi connectivity index (χ2v) is 6.78. The van der Waals surface area contributed by atoms with Gasteiger partial charge in [-0.25, -0.2) is 4.39 Å². The quantitative estimate of drug-likeness (QED) is 0.464. The third kappa shape index (κ3) is 5.01. The minimum Gasteiger partial charge on any atom is -0.497 e. The number of aliphatic carboxylic acids is 1. The van der Waals surface area contributed by atoms with E-state index in [1.807, 2.05) is 0 Å². The number of alkyl halides is 3. The molecule has 0 radical (unpaired) electrons. The predicted molar refractivity (Wildman–Crippen MR) is 104 cm³/mol. The Morgan fingerprint density at radius 3 is 2.31 bits per heavy atom. The van der Waals surface area contributed by atoms with Gasteiger partial charge in [0.25, 0.3) is 0 Å². The molecule has 3 rings (SSSR count). The van der Waals surface area contributed by atoms with Crippen LogP contribution in [-0.4, -0.2) is 22.8 Å². The largest absolute Gasteiger partial charge is 0.497 e. The molecule has 0 bridgehead atoms. The van der Waals surface area contributed by atoms with Crippen LogP contribution in [0.2, 0.25) is 0 Å². The van der Waals surface area contributed by atoms with E-state index in [1.165, 1.54) is 17.9 Å². The van der Waals surface area contributed by atoms with Gasteiger partial charge in [-0.2, -0.15) is 17.6 Å². The minimum absolute atomic E-state index is 0.171. The molecule has 0 spiro atoms. The number of carbonyl (C=O) groups is 1. The number of nitrogens with zero attached hydrogens (tertiary/aromatic N) is 1. The van der Waals surface area contributed by atoms with E-state index in [2.05, 4.69) is 0 Å². The lowest BCUT2D eigenvalue weighted by Gasteiger charge is -2.15. The molecule has 1 aromatic heterocycles. The molecule has 0 aliphatic carbocycles. The Labute approximate surface area is 179 Å². The summed E-state index contributed by atoms with van der Waals surface area (Å²) in [6.07, 6.45) is -4.13. The number of benzene rings is 2. The summed E-state index contributed by atoms with van der Waals surface area (Å²) in [5.41, 5.74) is -1.07. The van der Waals surface area contributed by atoms with Crippen LogP contribution in [0.25, 0.3) is 5.69 Å². The molecular formula is C22H18F5NO4. The van der Waals surface area contributed by atoms with Crippen molar-refractivity contribution in [3.63, 3.8) is 0 Å². The maximum absolute atomic E-state index is 14.4. The highest BCUT2D eigenvalue weighted by Crippen LogP contribution is 2.35. The molecule has 1 N–H and O–H groups in total. The summed E-state index contributed by atoms with van der Waals surface area (Å²) in [5, 5.41) is 8.68. The summed E-state index contributed by atoms with van der Waals surface area (Å²) in [6, 6.07) is 9.29. The molecule has 0 saturated carbocycles. The van der Waals surface area contributed by atoms with Gasteiger partial charge in [-0.15, -0.1) is 0 Å². The average Bonchev–Trinajstić information content (AvgIpc) is 3.18. The highest BCUT2D eigenvalue weighted by Gasteiger charge is 2.36. The van der Waals surface area contributed by atoms with E-state index in [0.29, 0.717) is 11.4 Å². The highest BCUT2D eigenvalue weighted by atomic mass is 19.4. The maximum Gasteiger partial charge on any atom is 0.418 e. The van der Waals surface area contributed by atoms with Crippen molar-refractivity contribution in [2.45, 2.75) is 25.6 Å². The van der Waals surface area contributed by atoms with Crippen LogP contribution in [0.15, 0.2) is 48.7 Å². The molecule has 32 heavy (non-hydrogen) atoms. The van der Waals surface area contributed by atoms with Gasteiger partial charge in [0.2, 0.25) is 5.82 Å². The zero-order chi connectivity index (χ0) is 23.5. The lowest BCUT2D eigenvalue weighted by molar-refractivity contribution is -0.139. The van der Waals surface area contributed by atoms with E-state index >= 15 is 0 Å². The molecule has 10 heteroatoms. The van der Waals surface area contributed by atoms with Crippen molar-refractivity contribution in [1.29, 1.82) is 0 Å². The van der Waals surface area contributed by atoms with Crippen LogP contribution < -0.4 is 9.47 Å². The Bertz CT molecular complexity index is 1110. The summed E-state index contributed by atoms with van der Waals surface area (Å²) < 4.78 is 80.6. The zero-order valence-electron chi connectivity index (χ0n) is 16.7. The van der Waals surface area contributed by atoms with Crippen LogP contribution in [-0.2, 0) is 24.0 Å². The van der Waals surface area contributed by atoms with Crippen LogP contribution in [0.4, 0.5) is 22.0 Å². The molecule has 0 saturated heterocycles. The predicted octanol–water partition coefficient (Wildman–Crippen LogP) is 5.38. The van der Waals surface area contributed by atoms with Crippen molar-refractivity contribution in [2.24, 2.45) is 0 Å². The number of carboxylic acids is 1. The van der Waals surface area contributed by atoms with E-state index in [0.717, 1.165) is 18.2 Å². The molecule has 2 aromatic carbocycles. The second kappa shape index (κ2) is 9.29. The lowest BCUT2D eigenvalue weighted by atomic mass is 10.1. The molecule has 0 atom stereocenters. The van der Waals surface area contributed by atoms with E-state index in [-0.39, 0.29) is 17.7 Å². The van der Waals surface area contributed by atoms with Gasteiger partial charge in [-0.3, -0.25) is 4.79 Å². The van der Waals surface area contributed by atoms with Gasteiger partial charge < -0.3 is 19.1 Å². The number of ether oxygens (including phenoxy) is 2. The Morgan fingerprint density at radius 1 is 1.03 bits per heavy atom. The third-order valence-corrected chi connectivity index (χ3v) is 4.75. The van der Waals surface area contributed by atoms with Crippen molar-refractivity contribution in [3.05, 3.63) is 77.1 Å². The fraction of sp³-hybridized carbons (Fsp3) is 0.227. The van der Waals surface area contributed by atoms with Crippen LogP contribution in [0.1, 0.15) is 23.2 Å². The lowest BCUT2D eigenvalue weighted by Crippen LogP contribution is -2.13. The second-order valence-electron chi connectivity index (χ2n) is 6.78. The first-order valence-corrected chi connectivity index (χ1v) is 9.35. The SMILES string of the molecule is COc1ccc(-n2ccc(C(F)(F)F)c2COc2ccc(CCC(=O)O)c(F)c2F)cc1. The number of rotatable bonds is 8. The normalized spacial score (nSPS) is 11.4. The third-order valence-electron chi connectivity index (χ3n) is 4.75. The van der Waals surface area contributed by atoms with E-state index in [1.54, 1.807) is 24.3 Å². The van der Waals surface area contributed by atoms with Gasteiger partial charge in [0, 0.05) is 18.3 Å². The first kappa shape index (κ1) is 23.1. The van der Waals surface area contributed by atoms with Crippen molar-refractivity contribution in [1.82, 2.24) is 4.57 Å². The number of aryl methyl sites for hydroxylation is 1. The van der Waals surface area contributed by atoms with Crippen LogP contribution in [0.3, 0.4) is 0 Å². The molecule has 3 aromatic rings.